The minimum Gasteiger partial charge on any atom is -0.508 e. The standard InChI is InChI=1S/C16H25NO3/c1-5-20-15-9-14(16(15,2)3)17-10-11-8-12(19-4)6-7-13(11)18/h6-8,14-15,17-18H,5,9-10H2,1-4H3. The number of hydrogen-bond donors (Lipinski definition) is 2. The third-order valence-electron chi connectivity index (χ3n) is 4.37. The summed E-state index contributed by atoms with van der Waals surface area (Å²) in [6.07, 6.45) is 1.34. The summed E-state index contributed by atoms with van der Waals surface area (Å²) in [5.74, 6) is 1.07. The molecule has 0 saturated heterocycles. The summed E-state index contributed by atoms with van der Waals surface area (Å²) in [5.41, 5.74) is 0.991. The van der Waals surface area contributed by atoms with Crippen molar-refractivity contribution in [1.29, 1.82) is 0 Å². The summed E-state index contributed by atoms with van der Waals surface area (Å²) in [4.78, 5) is 0. The maximum atomic E-state index is 9.88. The molecule has 2 atom stereocenters. The molecule has 0 bridgehead atoms. The highest BCUT2D eigenvalue weighted by atomic mass is 16.5. The van der Waals surface area contributed by atoms with Gasteiger partial charge in [-0.1, -0.05) is 13.8 Å². The number of phenols is 1. The van der Waals surface area contributed by atoms with Gasteiger partial charge >= 0.3 is 0 Å². The maximum absolute atomic E-state index is 9.88. The molecule has 4 heteroatoms. The summed E-state index contributed by atoms with van der Waals surface area (Å²) >= 11 is 0. The van der Waals surface area contributed by atoms with Gasteiger partial charge in [0, 0.05) is 30.2 Å². The van der Waals surface area contributed by atoms with E-state index in [0.717, 1.165) is 24.3 Å². The molecule has 1 saturated carbocycles. The van der Waals surface area contributed by atoms with Crippen molar-refractivity contribution in [2.24, 2.45) is 5.41 Å². The second-order valence-electron chi connectivity index (χ2n) is 5.93. The molecule has 1 aliphatic rings. The highest BCUT2D eigenvalue weighted by Gasteiger charge is 2.48. The van der Waals surface area contributed by atoms with Gasteiger partial charge in [-0.3, -0.25) is 0 Å². The van der Waals surface area contributed by atoms with Crippen molar-refractivity contribution in [3.05, 3.63) is 23.8 Å². The van der Waals surface area contributed by atoms with Gasteiger partial charge in [-0.15, -0.1) is 0 Å². The minimum absolute atomic E-state index is 0.129. The molecule has 2 rings (SSSR count). The largest absolute Gasteiger partial charge is 0.508 e. The monoisotopic (exact) mass is 279 g/mol. The lowest BCUT2D eigenvalue weighted by Crippen LogP contribution is -2.60. The van der Waals surface area contributed by atoms with Crippen molar-refractivity contribution >= 4 is 0 Å². The Labute approximate surface area is 121 Å². The second kappa shape index (κ2) is 6.02. The van der Waals surface area contributed by atoms with Gasteiger partial charge in [0.25, 0.3) is 0 Å². The van der Waals surface area contributed by atoms with Gasteiger partial charge < -0.3 is 19.9 Å². The molecule has 0 radical (unpaired) electrons. The van der Waals surface area contributed by atoms with Crippen LogP contribution < -0.4 is 10.1 Å². The first kappa shape index (κ1) is 15.1. The lowest BCUT2D eigenvalue weighted by atomic mass is 9.64. The summed E-state index contributed by atoms with van der Waals surface area (Å²) in [6.45, 7) is 7.87. The fraction of sp³-hybridized carbons (Fsp3) is 0.625. The topological polar surface area (TPSA) is 50.7 Å². The lowest BCUT2D eigenvalue weighted by molar-refractivity contribution is -0.114. The summed E-state index contributed by atoms with van der Waals surface area (Å²) in [7, 11) is 1.63. The van der Waals surface area contributed by atoms with Gasteiger partial charge in [0.05, 0.1) is 13.2 Å². The first-order valence-corrected chi connectivity index (χ1v) is 7.20. The van der Waals surface area contributed by atoms with E-state index in [4.69, 9.17) is 9.47 Å². The van der Waals surface area contributed by atoms with Crippen LogP contribution in [0.25, 0.3) is 0 Å². The van der Waals surface area contributed by atoms with E-state index in [-0.39, 0.29) is 5.41 Å². The molecule has 0 spiro atoms. The summed E-state index contributed by atoms with van der Waals surface area (Å²) in [5, 5.41) is 13.4. The molecule has 2 unspecified atom stereocenters. The zero-order chi connectivity index (χ0) is 14.8. The van der Waals surface area contributed by atoms with E-state index >= 15 is 0 Å². The fourth-order valence-electron chi connectivity index (χ4n) is 2.78. The van der Waals surface area contributed by atoms with Crippen LogP contribution in [0.1, 0.15) is 32.8 Å². The number of methoxy groups -OCH3 is 1. The molecule has 0 amide bonds. The van der Waals surface area contributed by atoms with Gasteiger partial charge in [-0.25, -0.2) is 0 Å². The van der Waals surface area contributed by atoms with E-state index < -0.39 is 0 Å². The Balaban J connectivity index is 1.93. The Kier molecular flexibility index (Phi) is 4.55. The van der Waals surface area contributed by atoms with Crippen molar-refractivity contribution in [3.8, 4) is 11.5 Å². The van der Waals surface area contributed by atoms with Crippen LogP contribution in [0.15, 0.2) is 18.2 Å². The average Bonchev–Trinajstić information content (AvgIpc) is 2.43. The van der Waals surface area contributed by atoms with Crippen LogP contribution in [0.5, 0.6) is 11.5 Å². The zero-order valence-corrected chi connectivity index (χ0v) is 12.8. The maximum Gasteiger partial charge on any atom is 0.120 e. The van der Waals surface area contributed by atoms with Gasteiger partial charge in [0.15, 0.2) is 0 Å². The highest BCUT2D eigenvalue weighted by Crippen LogP contribution is 2.43. The highest BCUT2D eigenvalue weighted by molar-refractivity contribution is 5.39. The molecule has 4 nitrogen and oxygen atoms in total. The molecular formula is C16H25NO3. The molecule has 20 heavy (non-hydrogen) atoms. The molecule has 1 aromatic rings. The third-order valence-corrected chi connectivity index (χ3v) is 4.37. The lowest BCUT2D eigenvalue weighted by Gasteiger charge is -2.52. The van der Waals surface area contributed by atoms with Gasteiger partial charge in [-0.05, 0) is 31.5 Å². The van der Waals surface area contributed by atoms with Crippen LogP contribution in [-0.2, 0) is 11.3 Å². The van der Waals surface area contributed by atoms with Crippen LogP contribution in [-0.4, -0.2) is 31.0 Å². The van der Waals surface area contributed by atoms with Crippen LogP contribution in [0, 0.1) is 5.41 Å². The predicted molar refractivity (Wildman–Crippen MR) is 79.1 cm³/mol. The number of aromatic hydroxyl groups is 1. The molecule has 1 aromatic carbocycles. The van der Waals surface area contributed by atoms with E-state index in [1.165, 1.54) is 0 Å². The van der Waals surface area contributed by atoms with Crippen LogP contribution in [0.4, 0.5) is 0 Å². The minimum atomic E-state index is 0.129. The van der Waals surface area contributed by atoms with Crippen LogP contribution >= 0.6 is 0 Å². The number of rotatable bonds is 6. The Morgan fingerprint density at radius 1 is 1.40 bits per heavy atom. The first-order chi connectivity index (χ1) is 9.48. The van der Waals surface area contributed by atoms with Gasteiger partial charge in [0.2, 0.25) is 0 Å². The second-order valence-corrected chi connectivity index (χ2v) is 5.93. The first-order valence-electron chi connectivity index (χ1n) is 7.20. The number of phenolic OH excluding ortho intramolecular Hbond substituents is 1. The number of ether oxygens (including phenoxy) is 2. The Hall–Kier alpha value is -1.26. The van der Waals surface area contributed by atoms with Gasteiger partial charge in [-0.2, -0.15) is 0 Å². The van der Waals surface area contributed by atoms with Crippen molar-refractivity contribution in [2.75, 3.05) is 13.7 Å². The average molecular weight is 279 g/mol. The van der Waals surface area contributed by atoms with Crippen molar-refractivity contribution < 1.29 is 14.6 Å². The molecule has 0 aliphatic heterocycles. The van der Waals surface area contributed by atoms with E-state index in [9.17, 15) is 5.11 Å². The Morgan fingerprint density at radius 3 is 2.75 bits per heavy atom. The Morgan fingerprint density at radius 2 is 2.15 bits per heavy atom. The van der Waals surface area contributed by atoms with E-state index in [0.29, 0.717) is 24.4 Å². The van der Waals surface area contributed by atoms with Crippen molar-refractivity contribution in [1.82, 2.24) is 5.32 Å². The molecule has 1 aliphatic carbocycles. The predicted octanol–water partition coefficient (Wildman–Crippen LogP) is 2.69. The van der Waals surface area contributed by atoms with E-state index in [2.05, 4.69) is 19.2 Å². The van der Waals surface area contributed by atoms with Crippen molar-refractivity contribution in [2.45, 2.75) is 45.9 Å². The third kappa shape index (κ3) is 2.91. The molecule has 1 fully saturated rings. The molecule has 0 aromatic heterocycles. The van der Waals surface area contributed by atoms with E-state index in [1.54, 1.807) is 19.2 Å². The molecular weight excluding hydrogens is 254 g/mol. The SMILES string of the molecule is CCOC1CC(NCc2cc(OC)ccc2O)C1(C)C. The normalized spacial score (nSPS) is 24.2. The zero-order valence-electron chi connectivity index (χ0n) is 12.8. The molecule has 2 N–H and O–H groups in total. The number of nitrogens with one attached hydrogen (secondary N) is 1. The van der Waals surface area contributed by atoms with Crippen molar-refractivity contribution in [3.63, 3.8) is 0 Å². The smallest absolute Gasteiger partial charge is 0.120 e. The van der Waals surface area contributed by atoms with E-state index in [1.807, 2.05) is 13.0 Å². The van der Waals surface area contributed by atoms with Crippen LogP contribution in [0.3, 0.4) is 0 Å². The summed E-state index contributed by atoms with van der Waals surface area (Å²) < 4.78 is 10.9. The fourth-order valence-corrected chi connectivity index (χ4v) is 2.78. The molecule has 0 heterocycles. The molecule has 112 valence electrons. The number of hydrogen-bond acceptors (Lipinski definition) is 4. The number of benzene rings is 1. The van der Waals surface area contributed by atoms with Gasteiger partial charge in [0.1, 0.15) is 11.5 Å². The summed E-state index contributed by atoms with van der Waals surface area (Å²) in [6, 6.07) is 5.71. The Bertz CT molecular complexity index is 459. The quantitative estimate of drug-likeness (QED) is 0.840. The van der Waals surface area contributed by atoms with Crippen LogP contribution in [0.2, 0.25) is 0 Å².